The van der Waals surface area contributed by atoms with Crippen LogP contribution in [0, 0.1) is 0 Å². The molecule has 9 rings (SSSR count). The molecule has 0 bridgehead atoms. The standard InChI is InChI=1S/C55H47NO9/c1-63-51-55(62,49(58)37-23-9-3-10-24-37)54(61,48(57)36-21-7-2-8-22-36)47(56-52(60)64-35-45-43-33-19-17-31-41(43)42-32-18-20-34-44(42)45)46(65-51)50(59)53(38-25-11-4-12-26-38,39-27-13-5-14-28-39)40-29-15-6-16-30-40/h2-34,45-47,50-51,59,61-62H,35H2,1H3,(H,56,60)/t46-,47+,50?,51-,54+,55-/m0/s1. The smallest absolute Gasteiger partial charge is 0.407 e. The van der Waals surface area contributed by atoms with Crippen LogP contribution in [0.4, 0.5) is 4.79 Å². The Morgan fingerprint density at radius 1 is 0.585 bits per heavy atom. The summed E-state index contributed by atoms with van der Waals surface area (Å²) < 4.78 is 18.5. The van der Waals surface area contributed by atoms with Crippen molar-refractivity contribution in [1.82, 2.24) is 5.32 Å². The largest absolute Gasteiger partial charge is 0.449 e. The molecule has 1 saturated heterocycles. The molecule has 326 valence electrons. The minimum absolute atomic E-state index is 0.0916. The quantitative estimate of drug-likeness (QED) is 0.0670. The maximum absolute atomic E-state index is 15.4. The molecule has 7 aromatic rings. The molecule has 1 aliphatic heterocycles. The Kier molecular flexibility index (Phi) is 11.9. The van der Waals surface area contributed by atoms with E-state index in [4.69, 9.17) is 14.2 Å². The zero-order valence-electron chi connectivity index (χ0n) is 35.4. The highest BCUT2D eigenvalue weighted by Crippen LogP contribution is 2.50. The van der Waals surface area contributed by atoms with Gasteiger partial charge in [0, 0.05) is 24.2 Å². The number of rotatable bonds is 13. The summed E-state index contributed by atoms with van der Waals surface area (Å²) in [6, 6.07) is 56.2. The summed E-state index contributed by atoms with van der Waals surface area (Å²) in [5.41, 5.74) is -2.73. The van der Waals surface area contributed by atoms with E-state index in [2.05, 4.69) is 5.32 Å². The van der Waals surface area contributed by atoms with Gasteiger partial charge >= 0.3 is 6.09 Å². The molecule has 1 heterocycles. The molecule has 1 unspecified atom stereocenters. The van der Waals surface area contributed by atoms with Crippen LogP contribution in [0.2, 0.25) is 0 Å². The van der Waals surface area contributed by atoms with E-state index in [-0.39, 0.29) is 23.7 Å². The summed E-state index contributed by atoms with van der Waals surface area (Å²) in [5, 5.41) is 43.3. The average Bonchev–Trinajstić information content (AvgIpc) is 3.69. The monoisotopic (exact) mass is 865 g/mol. The number of methoxy groups -OCH3 is 1. The van der Waals surface area contributed by atoms with Crippen LogP contribution in [0.5, 0.6) is 0 Å². The number of benzene rings is 7. The average molecular weight is 866 g/mol. The Bertz CT molecular complexity index is 2650. The van der Waals surface area contributed by atoms with E-state index < -0.39 is 58.8 Å². The zero-order chi connectivity index (χ0) is 45.2. The molecule has 10 nitrogen and oxygen atoms in total. The number of amides is 1. The number of aliphatic hydroxyl groups is 3. The van der Waals surface area contributed by atoms with Gasteiger partial charge < -0.3 is 34.8 Å². The van der Waals surface area contributed by atoms with Gasteiger partial charge in [-0.15, -0.1) is 0 Å². The van der Waals surface area contributed by atoms with Gasteiger partial charge in [0.25, 0.3) is 0 Å². The highest BCUT2D eigenvalue weighted by molar-refractivity contribution is 6.13. The molecule has 2 aliphatic rings. The third-order valence-electron chi connectivity index (χ3n) is 13.0. The van der Waals surface area contributed by atoms with Crippen molar-refractivity contribution in [2.75, 3.05) is 13.7 Å². The molecule has 0 aromatic heterocycles. The van der Waals surface area contributed by atoms with Crippen LogP contribution in [0.1, 0.15) is 54.5 Å². The third-order valence-corrected chi connectivity index (χ3v) is 13.0. The lowest BCUT2D eigenvalue weighted by Crippen LogP contribution is -2.84. The second kappa shape index (κ2) is 17.8. The molecular weight excluding hydrogens is 819 g/mol. The number of Topliss-reactive ketones (excluding diaryl/α,β-unsaturated/α-hetero) is 2. The maximum atomic E-state index is 15.4. The summed E-state index contributed by atoms with van der Waals surface area (Å²) in [6.45, 7) is -0.165. The lowest BCUT2D eigenvalue weighted by molar-refractivity contribution is -0.323. The van der Waals surface area contributed by atoms with E-state index in [0.717, 1.165) is 29.4 Å². The van der Waals surface area contributed by atoms with E-state index in [0.29, 0.717) is 16.7 Å². The van der Waals surface area contributed by atoms with Crippen molar-refractivity contribution in [3.05, 3.63) is 239 Å². The summed E-state index contributed by atoms with van der Waals surface area (Å²) in [7, 11) is 1.16. The Balaban J connectivity index is 1.24. The van der Waals surface area contributed by atoms with E-state index in [1.165, 1.54) is 24.3 Å². The van der Waals surface area contributed by atoms with Gasteiger partial charge in [0.05, 0.1) is 5.41 Å². The van der Waals surface area contributed by atoms with Crippen LogP contribution in [-0.4, -0.2) is 82.4 Å². The fraction of sp³-hybridized carbons (Fsp3) is 0.182. The first-order valence-corrected chi connectivity index (χ1v) is 21.4. The lowest BCUT2D eigenvalue weighted by Gasteiger charge is -2.57. The van der Waals surface area contributed by atoms with Crippen LogP contribution in [0.3, 0.4) is 0 Å². The minimum atomic E-state index is -3.33. The number of fused-ring (bicyclic) bond motifs is 3. The molecule has 1 aliphatic carbocycles. The van der Waals surface area contributed by atoms with Crippen LogP contribution < -0.4 is 5.32 Å². The number of alkyl carbamates (subject to hydrolysis) is 1. The van der Waals surface area contributed by atoms with Gasteiger partial charge in [-0.1, -0.05) is 200 Å². The highest BCUT2D eigenvalue weighted by atomic mass is 16.7. The van der Waals surface area contributed by atoms with Gasteiger partial charge in [0.1, 0.15) is 24.9 Å². The fourth-order valence-electron chi connectivity index (χ4n) is 9.99. The highest BCUT2D eigenvalue weighted by Gasteiger charge is 2.74. The Hall–Kier alpha value is -7.05. The minimum Gasteiger partial charge on any atom is -0.449 e. The first kappa shape index (κ1) is 43.2. The van der Waals surface area contributed by atoms with Crippen LogP contribution >= 0.6 is 0 Å². The number of ketones is 2. The summed E-state index contributed by atoms with van der Waals surface area (Å²) in [6.07, 6.45) is -6.87. The first-order valence-electron chi connectivity index (χ1n) is 21.4. The van der Waals surface area contributed by atoms with E-state index in [1.54, 1.807) is 36.4 Å². The number of hydrogen-bond acceptors (Lipinski definition) is 9. The van der Waals surface area contributed by atoms with Crippen molar-refractivity contribution in [2.24, 2.45) is 0 Å². The molecule has 0 spiro atoms. The van der Waals surface area contributed by atoms with Gasteiger partial charge in [-0.3, -0.25) is 9.59 Å². The van der Waals surface area contributed by atoms with Crippen molar-refractivity contribution in [3.8, 4) is 11.1 Å². The molecule has 0 radical (unpaired) electrons. The van der Waals surface area contributed by atoms with Gasteiger partial charge in [0.15, 0.2) is 17.7 Å². The summed E-state index contributed by atoms with van der Waals surface area (Å²) >= 11 is 0. The second-order valence-electron chi connectivity index (χ2n) is 16.4. The van der Waals surface area contributed by atoms with Crippen LogP contribution in [-0.2, 0) is 19.6 Å². The molecule has 0 saturated carbocycles. The number of carbonyl (C=O) groups is 3. The summed E-state index contributed by atoms with van der Waals surface area (Å²) in [4.78, 5) is 45.1. The Morgan fingerprint density at radius 2 is 0.969 bits per heavy atom. The van der Waals surface area contributed by atoms with Gasteiger partial charge in [-0.25, -0.2) is 4.79 Å². The number of carbonyl (C=O) groups excluding carboxylic acids is 3. The van der Waals surface area contributed by atoms with E-state index in [9.17, 15) is 20.1 Å². The van der Waals surface area contributed by atoms with Gasteiger partial charge in [0.2, 0.25) is 11.4 Å². The zero-order valence-corrected chi connectivity index (χ0v) is 35.4. The molecule has 65 heavy (non-hydrogen) atoms. The Morgan fingerprint density at radius 3 is 1.40 bits per heavy atom. The first-order chi connectivity index (χ1) is 31.6. The van der Waals surface area contributed by atoms with Crippen molar-refractivity contribution in [2.45, 2.75) is 47.1 Å². The molecular formula is C55H47NO9. The van der Waals surface area contributed by atoms with Gasteiger partial charge in [-0.2, -0.15) is 0 Å². The maximum Gasteiger partial charge on any atom is 0.407 e. The molecule has 10 heteroatoms. The molecule has 1 fully saturated rings. The van der Waals surface area contributed by atoms with Crippen molar-refractivity contribution >= 4 is 17.7 Å². The molecule has 4 N–H and O–H groups in total. The van der Waals surface area contributed by atoms with Crippen LogP contribution in [0.15, 0.2) is 200 Å². The molecule has 7 aromatic carbocycles. The number of nitrogens with one attached hydrogen (secondary N) is 1. The van der Waals surface area contributed by atoms with E-state index in [1.807, 2.05) is 140 Å². The van der Waals surface area contributed by atoms with E-state index >= 15 is 9.59 Å². The van der Waals surface area contributed by atoms with Crippen molar-refractivity contribution < 1.29 is 43.9 Å². The topological polar surface area (TPSA) is 152 Å². The van der Waals surface area contributed by atoms with Crippen molar-refractivity contribution in [3.63, 3.8) is 0 Å². The molecule has 1 amide bonds. The fourth-order valence-corrected chi connectivity index (χ4v) is 9.99. The third kappa shape index (κ3) is 7.16. The normalized spacial score (nSPS) is 21.9. The lowest BCUT2D eigenvalue weighted by atomic mass is 9.59. The summed E-state index contributed by atoms with van der Waals surface area (Å²) in [5.74, 6) is -2.66. The SMILES string of the molecule is CO[C@H]1O[C@H](C(O)C(c2ccccc2)(c2ccccc2)c2ccccc2)[C@@H](NC(=O)OCC2c3ccccc3-c3ccccc32)[C@@](O)(C(=O)c2ccccc2)[C@]1(O)C(=O)c1ccccc1. The Labute approximate surface area is 376 Å². The number of ether oxygens (including phenoxy) is 3. The second-order valence-corrected chi connectivity index (χ2v) is 16.4. The van der Waals surface area contributed by atoms with Crippen molar-refractivity contribution in [1.29, 1.82) is 0 Å². The predicted octanol–water partition coefficient (Wildman–Crippen LogP) is 7.89. The predicted molar refractivity (Wildman–Crippen MR) is 244 cm³/mol. The van der Waals surface area contributed by atoms with Crippen LogP contribution in [0.25, 0.3) is 11.1 Å². The molecule has 6 atom stereocenters. The number of hydrogen-bond donors (Lipinski definition) is 4. The number of aliphatic hydroxyl groups excluding tert-OH is 1. The van der Waals surface area contributed by atoms with Gasteiger partial charge in [-0.05, 0) is 38.9 Å².